The first kappa shape index (κ1) is 21.4. The van der Waals surface area contributed by atoms with Gasteiger partial charge in [-0.15, -0.1) is 0 Å². The third-order valence-electron chi connectivity index (χ3n) is 6.74. The van der Waals surface area contributed by atoms with Crippen molar-refractivity contribution >= 4 is 32.8 Å². The average Bonchev–Trinajstić information content (AvgIpc) is 3.48. The number of nitrogens with zero attached hydrogens (tertiary/aromatic N) is 3. The van der Waals surface area contributed by atoms with E-state index in [4.69, 9.17) is 19.2 Å². The first-order valence-corrected chi connectivity index (χ1v) is 11.8. The third kappa shape index (κ3) is 3.15. The molecule has 0 atom stereocenters. The van der Waals surface area contributed by atoms with Crippen molar-refractivity contribution in [3.8, 4) is 28.1 Å². The molecule has 0 saturated carbocycles. The van der Waals surface area contributed by atoms with E-state index < -0.39 is 0 Å². The van der Waals surface area contributed by atoms with Gasteiger partial charge in [-0.1, -0.05) is 37.2 Å². The minimum atomic E-state index is 0.183. The highest BCUT2D eigenvalue weighted by molar-refractivity contribution is 6.16. The number of fused-ring (bicyclic) bond motifs is 4. The smallest absolute Gasteiger partial charge is 0.142 e. The Morgan fingerprint density at radius 2 is 1.71 bits per heavy atom. The highest BCUT2D eigenvalue weighted by atomic mass is 16.5. The highest BCUT2D eigenvalue weighted by Crippen LogP contribution is 2.43. The molecule has 0 aliphatic carbocycles. The molecule has 0 aliphatic rings. The number of aromatic amines is 2. The van der Waals surface area contributed by atoms with Crippen LogP contribution in [0.4, 0.5) is 0 Å². The van der Waals surface area contributed by atoms with Crippen LogP contribution in [0, 0.1) is 20.8 Å². The van der Waals surface area contributed by atoms with E-state index in [-0.39, 0.29) is 5.92 Å². The van der Waals surface area contributed by atoms with Crippen molar-refractivity contribution in [1.29, 1.82) is 0 Å². The number of methoxy groups -OCH3 is 1. The maximum absolute atomic E-state index is 5.86. The zero-order valence-electron chi connectivity index (χ0n) is 20.7. The molecular formula is C28H27N5O2. The van der Waals surface area contributed by atoms with E-state index in [1.807, 2.05) is 19.9 Å². The van der Waals surface area contributed by atoms with Gasteiger partial charge in [0.25, 0.3) is 0 Å². The van der Waals surface area contributed by atoms with Gasteiger partial charge >= 0.3 is 0 Å². The molecule has 176 valence electrons. The van der Waals surface area contributed by atoms with Crippen LogP contribution in [0.5, 0.6) is 5.75 Å². The van der Waals surface area contributed by atoms with E-state index in [1.165, 1.54) is 0 Å². The number of rotatable bonds is 4. The lowest BCUT2D eigenvalue weighted by molar-refractivity contribution is 0.393. The molecule has 35 heavy (non-hydrogen) atoms. The van der Waals surface area contributed by atoms with Crippen molar-refractivity contribution in [3.05, 3.63) is 59.4 Å². The number of benzene rings is 2. The number of hydrogen-bond donors (Lipinski definition) is 2. The quantitative estimate of drug-likeness (QED) is 0.293. The number of aromatic nitrogens is 5. The normalized spacial score (nSPS) is 12.0. The summed E-state index contributed by atoms with van der Waals surface area (Å²) in [6.07, 6.45) is 0. The Balaban J connectivity index is 1.74. The van der Waals surface area contributed by atoms with Crippen LogP contribution in [0.25, 0.3) is 55.2 Å². The Morgan fingerprint density at radius 1 is 0.914 bits per heavy atom. The molecule has 4 heterocycles. The van der Waals surface area contributed by atoms with Crippen LogP contribution >= 0.6 is 0 Å². The van der Waals surface area contributed by atoms with Crippen molar-refractivity contribution in [3.63, 3.8) is 0 Å². The van der Waals surface area contributed by atoms with Gasteiger partial charge in [0.15, 0.2) is 0 Å². The number of aryl methyl sites for hydroxylation is 3. The third-order valence-corrected chi connectivity index (χ3v) is 6.74. The van der Waals surface area contributed by atoms with Gasteiger partial charge in [0.1, 0.15) is 23.0 Å². The van der Waals surface area contributed by atoms with E-state index in [0.717, 1.165) is 83.9 Å². The van der Waals surface area contributed by atoms with Crippen molar-refractivity contribution in [1.82, 2.24) is 25.1 Å². The molecule has 6 rings (SSSR count). The predicted octanol–water partition coefficient (Wildman–Crippen LogP) is 6.97. The maximum Gasteiger partial charge on any atom is 0.142 e. The Bertz CT molecular complexity index is 1730. The van der Waals surface area contributed by atoms with Crippen molar-refractivity contribution in [2.45, 2.75) is 40.5 Å². The minimum Gasteiger partial charge on any atom is -0.496 e. The molecule has 0 amide bonds. The molecule has 0 radical (unpaired) electrons. The largest absolute Gasteiger partial charge is 0.496 e. The Labute approximate surface area is 202 Å². The topological polar surface area (TPSA) is 92.6 Å². The summed E-state index contributed by atoms with van der Waals surface area (Å²) in [5.74, 6) is 2.50. The van der Waals surface area contributed by atoms with Crippen LogP contribution in [0.2, 0.25) is 0 Å². The summed E-state index contributed by atoms with van der Waals surface area (Å²) >= 11 is 0. The highest BCUT2D eigenvalue weighted by Gasteiger charge is 2.23. The van der Waals surface area contributed by atoms with Crippen molar-refractivity contribution in [2.75, 3.05) is 7.11 Å². The first-order valence-electron chi connectivity index (χ1n) is 11.8. The molecule has 2 N–H and O–H groups in total. The Hall–Kier alpha value is -4.13. The fraction of sp³-hybridized carbons (Fsp3) is 0.250. The fourth-order valence-electron chi connectivity index (χ4n) is 5.09. The molecule has 0 fully saturated rings. The van der Waals surface area contributed by atoms with Gasteiger partial charge in [-0.25, -0.2) is 9.97 Å². The van der Waals surface area contributed by atoms with E-state index in [9.17, 15) is 0 Å². The lowest BCUT2D eigenvalue weighted by atomic mass is 9.99. The molecule has 0 saturated heterocycles. The first-order chi connectivity index (χ1) is 16.9. The molecule has 7 nitrogen and oxygen atoms in total. The van der Waals surface area contributed by atoms with Crippen molar-refractivity contribution in [2.24, 2.45) is 0 Å². The predicted molar refractivity (Wildman–Crippen MR) is 139 cm³/mol. The van der Waals surface area contributed by atoms with Gasteiger partial charge in [-0.2, -0.15) is 0 Å². The lowest BCUT2D eigenvalue weighted by Gasteiger charge is -2.11. The van der Waals surface area contributed by atoms with Crippen LogP contribution < -0.4 is 4.74 Å². The van der Waals surface area contributed by atoms with Crippen molar-refractivity contribution < 1.29 is 9.26 Å². The Kier molecular flexibility index (Phi) is 4.71. The molecule has 0 unspecified atom stereocenters. The van der Waals surface area contributed by atoms with Gasteiger partial charge in [-0.05, 0) is 39.0 Å². The lowest BCUT2D eigenvalue weighted by Crippen LogP contribution is -2.00. The van der Waals surface area contributed by atoms with Gasteiger partial charge in [0.2, 0.25) is 0 Å². The molecule has 4 aromatic heterocycles. The van der Waals surface area contributed by atoms with Crippen LogP contribution in [0.3, 0.4) is 0 Å². The summed E-state index contributed by atoms with van der Waals surface area (Å²) in [6, 6.07) is 12.5. The standard InChI is InChI=1S/C28H27N5O2/c1-13(2)27-31-26(24-14(3)29-20-10-8-7-9-17(20)24)25-18-12-22(34-6)19(11-21(18)30-28(25)32-27)23-15(4)33-35-16(23)5/h7-13,29H,1-6H3,(H,30,31,32). The van der Waals surface area contributed by atoms with E-state index in [2.05, 4.69) is 66.2 Å². The number of ether oxygens (including phenoxy) is 1. The maximum atomic E-state index is 5.86. The summed E-state index contributed by atoms with van der Waals surface area (Å²) in [5, 5.41) is 7.29. The van der Waals surface area contributed by atoms with Gasteiger partial charge in [0, 0.05) is 44.5 Å². The molecule has 6 aromatic rings. The summed E-state index contributed by atoms with van der Waals surface area (Å²) in [5.41, 5.74) is 8.69. The molecule has 0 bridgehead atoms. The zero-order chi connectivity index (χ0) is 24.4. The minimum absolute atomic E-state index is 0.183. The fourth-order valence-corrected chi connectivity index (χ4v) is 5.09. The van der Waals surface area contributed by atoms with Gasteiger partial charge in [-0.3, -0.25) is 0 Å². The van der Waals surface area contributed by atoms with Crippen LogP contribution in [0.1, 0.15) is 42.7 Å². The number of nitrogens with one attached hydrogen (secondary N) is 2. The van der Waals surface area contributed by atoms with Gasteiger partial charge < -0.3 is 19.2 Å². The second-order valence-corrected chi connectivity index (χ2v) is 9.40. The van der Waals surface area contributed by atoms with Crippen LogP contribution in [-0.4, -0.2) is 32.2 Å². The average molecular weight is 466 g/mol. The van der Waals surface area contributed by atoms with Crippen LogP contribution in [0.15, 0.2) is 40.9 Å². The molecule has 0 aliphatic heterocycles. The van der Waals surface area contributed by atoms with Gasteiger partial charge in [0.05, 0.1) is 29.4 Å². The zero-order valence-corrected chi connectivity index (χ0v) is 20.7. The molecule has 7 heteroatoms. The summed E-state index contributed by atoms with van der Waals surface area (Å²) in [6.45, 7) is 10.2. The van der Waals surface area contributed by atoms with E-state index in [1.54, 1.807) is 7.11 Å². The molecule has 0 spiro atoms. The van der Waals surface area contributed by atoms with E-state index >= 15 is 0 Å². The summed E-state index contributed by atoms with van der Waals surface area (Å²) in [4.78, 5) is 17.1. The number of hydrogen-bond acceptors (Lipinski definition) is 5. The van der Waals surface area contributed by atoms with Crippen LogP contribution in [-0.2, 0) is 0 Å². The summed E-state index contributed by atoms with van der Waals surface area (Å²) < 4.78 is 11.3. The molecule has 2 aromatic carbocycles. The van der Waals surface area contributed by atoms with E-state index in [0.29, 0.717) is 0 Å². The SMILES string of the molecule is COc1cc2c(cc1-c1c(C)noc1C)[nH]c1nc(C(C)C)nc(-c3c(C)[nH]c4ccccc34)c12. The monoisotopic (exact) mass is 465 g/mol. The second kappa shape index (κ2) is 7.70. The second-order valence-electron chi connectivity index (χ2n) is 9.40. The molecular weight excluding hydrogens is 438 g/mol. The number of para-hydroxylation sites is 1. The Morgan fingerprint density at radius 3 is 2.43 bits per heavy atom. The summed E-state index contributed by atoms with van der Waals surface area (Å²) in [7, 11) is 1.69. The number of H-pyrrole nitrogens is 2.